The van der Waals surface area contributed by atoms with Crippen molar-refractivity contribution in [2.45, 2.75) is 0 Å². The lowest BCUT2D eigenvalue weighted by Crippen LogP contribution is -1.87. The smallest absolute Gasteiger partial charge is 0.131 e. The van der Waals surface area contributed by atoms with Gasteiger partial charge in [0.1, 0.15) is 5.75 Å². The summed E-state index contributed by atoms with van der Waals surface area (Å²) in [6.07, 6.45) is 0. The number of benzene rings is 4. The van der Waals surface area contributed by atoms with Crippen molar-refractivity contribution in [2.75, 3.05) is 5.73 Å². The van der Waals surface area contributed by atoms with Crippen LogP contribution in [-0.2, 0) is 0 Å². The molecule has 2 nitrogen and oxygen atoms in total. The molecule has 0 fully saturated rings. The van der Waals surface area contributed by atoms with Crippen LogP contribution in [0.1, 0.15) is 0 Å². The van der Waals surface area contributed by atoms with Crippen molar-refractivity contribution >= 4 is 5.69 Å². The number of phenolic OH excluding ortho intramolecular Hbond substituents is 1. The summed E-state index contributed by atoms with van der Waals surface area (Å²) in [6, 6.07) is 31.8. The minimum atomic E-state index is 0.295. The third-order valence-corrected chi connectivity index (χ3v) is 4.51. The third kappa shape index (κ3) is 3.05. The maximum atomic E-state index is 10.9. The number of hydrogen-bond acceptors (Lipinski definition) is 2. The zero-order valence-corrected chi connectivity index (χ0v) is 14.3. The number of phenols is 1. The standard InChI is InChI=1S/C24H19NO/c25-21-12-5-10-19(16-21)18-9-4-11-20(15-18)23-14-6-13-22(24(23)26)17-7-2-1-3-8-17/h1-16,26H,25H2. The summed E-state index contributed by atoms with van der Waals surface area (Å²) >= 11 is 0. The Balaban J connectivity index is 1.81. The van der Waals surface area contributed by atoms with E-state index >= 15 is 0 Å². The van der Waals surface area contributed by atoms with E-state index in [1.165, 1.54) is 0 Å². The number of para-hydroxylation sites is 1. The minimum absolute atomic E-state index is 0.295. The Hall–Kier alpha value is -3.52. The highest BCUT2D eigenvalue weighted by atomic mass is 16.3. The van der Waals surface area contributed by atoms with E-state index in [0.29, 0.717) is 5.75 Å². The molecule has 0 aliphatic rings. The quantitative estimate of drug-likeness (QED) is 0.452. The number of anilines is 1. The molecule has 3 N–H and O–H groups in total. The summed E-state index contributed by atoms with van der Waals surface area (Å²) in [5, 5.41) is 10.9. The van der Waals surface area contributed by atoms with Gasteiger partial charge in [0.15, 0.2) is 0 Å². The van der Waals surface area contributed by atoms with Crippen LogP contribution in [-0.4, -0.2) is 5.11 Å². The molecule has 0 heterocycles. The molecule has 0 aromatic heterocycles. The van der Waals surface area contributed by atoms with Crippen LogP contribution in [0.3, 0.4) is 0 Å². The SMILES string of the molecule is Nc1cccc(-c2cccc(-c3cccc(-c4ccccc4)c3O)c2)c1. The van der Waals surface area contributed by atoms with Crippen molar-refractivity contribution in [3.63, 3.8) is 0 Å². The molecular weight excluding hydrogens is 318 g/mol. The fourth-order valence-corrected chi connectivity index (χ4v) is 3.21. The summed E-state index contributed by atoms with van der Waals surface area (Å²) in [7, 11) is 0. The van der Waals surface area contributed by atoms with Gasteiger partial charge in [-0.15, -0.1) is 0 Å². The summed E-state index contributed by atoms with van der Waals surface area (Å²) < 4.78 is 0. The molecule has 0 unspecified atom stereocenters. The highest BCUT2D eigenvalue weighted by Crippen LogP contribution is 2.38. The molecule has 26 heavy (non-hydrogen) atoms. The monoisotopic (exact) mass is 337 g/mol. The van der Waals surface area contributed by atoms with Crippen molar-refractivity contribution in [1.82, 2.24) is 0 Å². The van der Waals surface area contributed by atoms with Gasteiger partial charge in [0.05, 0.1) is 0 Å². The topological polar surface area (TPSA) is 46.2 Å². The molecule has 0 saturated carbocycles. The zero-order valence-electron chi connectivity index (χ0n) is 14.3. The number of nitrogen functional groups attached to an aromatic ring is 1. The summed E-state index contributed by atoms with van der Waals surface area (Å²) in [6.45, 7) is 0. The highest BCUT2D eigenvalue weighted by Gasteiger charge is 2.11. The molecule has 4 aromatic rings. The maximum Gasteiger partial charge on any atom is 0.131 e. The van der Waals surface area contributed by atoms with E-state index in [1.54, 1.807) is 0 Å². The van der Waals surface area contributed by atoms with Crippen LogP contribution in [0.4, 0.5) is 5.69 Å². The predicted octanol–water partition coefficient (Wildman–Crippen LogP) is 5.98. The van der Waals surface area contributed by atoms with Gasteiger partial charge < -0.3 is 10.8 Å². The third-order valence-electron chi connectivity index (χ3n) is 4.51. The molecule has 126 valence electrons. The molecule has 0 amide bonds. The molecule has 0 saturated heterocycles. The lowest BCUT2D eigenvalue weighted by atomic mass is 9.95. The fourth-order valence-electron chi connectivity index (χ4n) is 3.21. The summed E-state index contributed by atoms with van der Waals surface area (Å²) in [5.74, 6) is 0.295. The van der Waals surface area contributed by atoms with Gasteiger partial charge in [0.2, 0.25) is 0 Å². The van der Waals surface area contributed by atoms with Gasteiger partial charge in [-0.25, -0.2) is 0 Å². The van der Waals surface area contributed by atoms with Crippen molar-refractivity contribution < 1.29 is 5.11 Å². The second kappa shape index (κ2) is 6.77. The first-order valence-electron chi connectivity index (χ1n) is 8.56. The van der Waals surface area contributed by atoms with Gasteiger partial charge in [-0.2, -0.15) is 0 Å². The van der Waals surface area contributed by atoms with Crippen molar-refractivity contribution in [3.8, 4) is 39.1 Å². The molecule has 4 aromatic carbocycles. The highest BCUT2D eigenvalue weighted by molar-refractivity contribution is 5.84. The van der Waals surface area contributed by atoms with Crippen molar-refractivity contribution in [3.05, 3.63) is 97.1 Å². The molecule has 0 aliphatic heterocycles. The number of aromatic hydroxyl groups is 1. The van der Waals surface area contributed by atoms with Crippen LogP contribution in [0.15, 0.2) is 97.1 Å². The first kappa shape index (κ1) is 16.0. The Morgan fingerprint density at radius 1 is 0.500 bits per heavy atom. The van der Waals surface area contributed by atoms with Crippen LogP contribution < -0.4 is 5.73 Å². The first-order valence-corrected chi connectivity index (χ1v) is 8.56. The van der Waals surface area contributed by atoms with Crippen molar-refractivity contribution in [2.24, 2.45) is 0 Å². The molecule has 4 rings (SSSR count). The largest absolute Gasteiger partial charge is 0.507 e. The van der Waals surface area contributed by atoms with Gasteiger partial charge in [0.25, 0.3) is 0 Å². The van der Waals surface area contributed by atoms with Gasteiger partial charge in [-0.05, 0) is 40.5 Å². The summed E-state index contributed by atoms with van der Waals surface area (Å²) in [4.78, 5) is 0. The lowest BCUT2D eigenvalue weighted by Gasteiger charge is -2.12. The van der Waals surface area contributed by atoms with Crippen LogP contribution >= 0.6 is 0 Å². The van der Waals surface area contributed by atoms with E-state index in [4.69, 9.17) is 5.73 Å². The van der Waals surface area contributed by atoms with E-state index in [-0.39, 0.29) is 0 Å². The van der Waals surface area contributed by atoms with E-state index in [9.17, 15) is 5.11 Å². The van der Waals surface area contributed by atoms with E-state index in [1.807, 2.05) is 84.9 Å². The maximum absolute atomic E-state index is 10.9. The molecule has 0 bridgehead atoms. The Bertz CT molecular complexity index is 1050. The van der Waals surface area contributed by atoms with Crippen molar-refractivity contribution in [1.29, 1.82) is 0 Å². The molecule has 0 atom stereocenters. The van der Waals surface area contributed by atoms with Crippen LogP contribution in [0.25, 0.3) is 33.4 Å². The molecule has 0 aliphatic carbocycles. The Kier molecular flexibility index (Phi) is 4.16. The fraction of sp³-hybridized carbons (Fsp3) is 0. The zero-order chi connectivity index (χ0) is 17.9. The normalized spacial score (nSPS) is 10.6. The lowest BCUT2D eigenvalue weighted by molar-refractivity contribution is 0.479. The number of hydrogen-bond donors (Lipinski definition) is 2. The van der Waals surface area contributed by atoms with E-state index in [2.05, 4.69) is 12.1 Å². The molecule has 2 heteroatoms. The number of rotatable bonds is 3. The second-order valence-corrected chi connectivity index (χ2v) is 6.27. The van der Waals surface area contributed by atoms with Gasteiger partial charge >= 0.3 is 0 Å². The van der Waals surface area contributed by atoms with Gasteiger partial charge in [-0.3, -0.25) is 0 Å². The Morgan fingerprint density at radius 2 is 1.04 bits per heavy atom. The minimum Gasteiger partial charge on any atom is -0.507 e. The predicted molar refractivity (Wildman–Crippen MR) is 109 cm³/mol. The first-order chi connectivity index (χ1) is 12.7. The second-order valence-electron chi connectivity index (χ2n) is 6.27. The molecule has 0 spiro atoms. The number of nitrogens with two attached hydrogens (primary N) is 1. The molecular formula is C24H19NO. The average Bonchev–Trinajstić information content (AvgIpc) is 2.69. The average molecular weight is 337 g/mol. The summed E-state index contributed by atoms with van der Waals surface area (Å²) in [5.41, 5.74) is 12.4. The molecule has 0 radical (unpaired) electrons. The van der Waals surface area contributed by atoms with Crippen LogP contribution in [0.5, 0.6) is 5.75 Å². The van der Waals surface area contributed by atoms with E-state index in [0.717, 1.165) is 39.1 Å². The van der Waals surface area contributed by atoms with E-state index < -0.39 is 0 Å². The van der Waals surface area contributed by atoms with Crippen LogP contribution in [0, 0.1) is 0 Å². The Labute approximate surface area is 153 Å². The Morgan fingerprint density at radius 3 is 1.77 bits per heavy atom. The van der Waals surface area contributed by atoms with Crippen LogP contribution in [0.2, 0.25) is 0 Å². The van der Waals surface area contributed by atoms with Gasteiger partial charge in [0, 0.05) is 16.8 Å². The van der Waals surface area contributed by atoms with Gasteiger partial charge in [-0.1, -0.05) is 78.9 Å².